The van der Waals surface area contributed by atoms with E-state index in [-0.39, 0.29) is 0 Å². The molecule has 5 heteroatoms. The van der Waals surface area contributed by atoms with Crippen molar-refractivity contribution in [2.45, 2.75) is 13.1 Å². The molecule has 2 aromatic rings. The van der Waals surface area contributed by atoms with E-state index in [0.29, 0.717) is 24.6 Å². The Kier molecular flexibility index (Phi) is 5.30. The Balaban J connectivity index is 1.84. The van der Waals surface area contributed by atoms with Crippen LogP contribution in [-0.4, -0.2) is 18.0 Å². The van der Waals surface area contributed by atoms with E-state index in [0.717, 1.165) is 11.3 Å². The summed E-state index contributed by atoms with van der Waals surface area (Å²) in [6.45, 7) is 1.27. The van der Waals surface area contributed by atoms with E-state index in [1.54, 1.807) is 25.4 Å². The molecular formula is C16H17N5. The molecule has 21 heavy (non-hydrogen) atoms. The highest BCUT2D eigenvalue weighted by Crippen LogP contribution is 2.02. The van der Waals surface area contributed by atoms with Crippen LogP contribution in [0, 0.1) is 11.3 Å². The standard InChI is InChI=1S/C16H17N5/c1-18-16(21-12-15-4-2-3-9-19-15)20-11-14-7-5-13(10-17)6-8-14/h2-9H,11-12H2,1H3,(H2,18,20,21). The zero-order chi connectivity index (χ0) is 14.9. The molecule has 0 unspecified atom stereocenters. The smallest absolute Gasteiger partial charge is 0.191 e. The van der Waals surface area contributed by atoms with E-state index in [2.05, 4.69) is 26.7 Å². The van der Waals surface area contributed by atoms with Gasteiger partial charge >= 0.3 is 0 Å². The number of nitrogens with zero attached hydrogens (tertiary/aromatic N) is 3. The van der Waals surface area contributed by atoms with Crippen molar-refractivity contribution in [3.63, 3.8) is 0 Å². The van der Waals surface area contributed by atoms with E-state index in [9.17, 15) is 0 Å². The van der Waals surface area contributed by atoms with Crippen molar-refractivity contribution in [1.82, 2.24) is 15.6 Å². The molecule has 0 aliphatic heterocycles. The van der Waals surface area contributed by atoms with Gasteiger partial charge in [-0.05, 0) is 29.8 Å². The van der Waals surface area contributed by atoms with Gasteiger partial charge in [-0.15, -0.1) is 0 Å². The van der Waals surface area contributed by atoms with Gasteiger partial charge in [0.15, 0.2) is 5.96 Å². The minimum Gasteiger partial charge on any atom is -0.352 e. The Hall–Kier alpha value is -2.87. The zero-order valence-electron chi connectivity index (χ0n) is 11.9. The molecule has 1 aromatic heterocycles. The molecule has 0 radical (unpaired) electrons. The van der Waals surface area contributed by atoms with Crippen molar-refractivity contribution < 1.29 is 0 Å². The molecule has 0 spiro atoms. The average molecular weight is 279 g/mol. The van der Waals surface area contributed by atoms with Crippen molar-refractivity contribution in [3.8, 4) is 6.07 Å². The highest BCUT2D eigenvalue weighted by molar-refractivity contribution is 5.79. The number of aromatic nitrogens is 1. The first kappa shape index (κ1) is 14.5. The van der Waals surface area contributed by atoms with Crippen LogP contribution in [0.3, 0.4) is 0 Å². The summed E-state index contributed by atoms with van der Waals surface area (Å²) < 4.78 is 0. The molecule has 0 saturated carbocycles. The van der Waals surface area contributed by atoms with Crippen LogP contribution in [0.5, 0.6) is 0 Å². The maximum atomic E-state index is 8.76. The van der Waals surface area contributed by atoms with Crippen LogP contribution in [0.2, 0.25) is 0 Å². The van der Waals surface area contributed by atoms with E-state index in [4.69, 9.17) is 5.26 Å². The molecule has 0 atom stereocenters. The number of hydrogen-bond acceptors (Lipinski definition) is 3. The predicted molar refractivity (Wildman–Crippen MR) is 82.4 cm³/mol. The minimum atomic E-state index is 0.619. The number of benzene rings is 1. The zero-order valence-corrected chi connectivity index (χ0v) is 11.9. The van der Waals surface area contributed by atoms with E-state index >= 15 is 0 Å². The van der Waals surface area contributed by atoms with Gasteiger partial charge in [-0.1, -0.05) is 18.2 Å². The topological polar surface area (TPSA) is 73.1 Å². The summed E-state index contributed by atoms with van der Waals surface area (Å²) in [4.78, 5) is 8.41. The van der Waals surface area contributed by atoms with Gasteiger partial charge in [0.05, 0.1) is 23.9 Å². The third-order valence-corrected chi connectivity index (χ3v) is 2.93. The molecule has 2 N–H and O–H groups in total. The predicted octanol–water partition coefficient (Wildman–Crippen LogP) is 1.82. The fourth-order valence-corrected chi connectivity index (χ4v) is 1.78. The van der Waals surface area contributed by atoms with E-state index in [1.165, 1.54) is 0 Å². The van der Waals surface area contributed by atoms with Crippen LogP contribution in [0.1, 0.15) is 16.8 Å². The van der Waals surface area contributed by atoms with Gasteiger partial charge in [-0.3, -0.25) is 9.98 Å². The first-order chi connectivity index (χ1) is 10.3. The summed E-state index contributed by atoms with van der Waals surface area (Å²) in [5.41, 5.74) is 2.71. The van der Waals surface area contributed by atoms with Crippen molar-refractivity contribution in [2.24, 2.45) is 4.99 Å². The van der Waals surface area contributed by atoms with Crippen LogP contribution in [-0.2, 0) is 13.1 Å². The Morgan fingerprint density at radius 2 is 1.90 bits per heavy atom. The van der Waals surface area contributed by atoms with Gasteiger partial charge in [0.25, 0.3) is 0 Å². The fraction of sp³-hybridized carbons (Fsp3) is 0.188. The van der Waals surface area contributed by atoms with Crippen molar-refractivity contribution >= 4 is 5.96 Å². The van der Waals surface area contributed by atoms with Gasteiger partial charge in [-0.2, -0.15) is 5.26 Å². The maximum absolute atomic E-state index is 8.76. The van der Waals surface area contributed by atoms with E-state index in [1.807, 2.05) is 30.3 Å². The monoisotopic (exact) mass is 279 g/mol. The van der Waals surface area contributed by atoms with Gasteiger partial charge in [0, 0.05) is 19.8 Å². The second kappa shape index (κ2) is 7.65. The average Bonchev–Trinajstić information content (AvgIpc) is 2.56. The fourth-order valence-electron chi connectivity index (χ4n) is 1.78. The lowest BCUT2D eigenvalue weighted by atomic mass is 10.1. The Morgan fingerprint density at radius 1 is 1.14 bits per heavy atom. The summed E-state index contributed by atoms with van der Waals surface area (Å²) in [5, 5.41) is 15.2. The van der Waals surface area contributed by atoms with E-state index < -0.39 is 0 Å². The Bertz CT molecular complexity index is 626. The first-order valence-corrected chi connectivity index (χ1v) is 6.65. The molecule has 1 heterocycles. The third kappa shape index (κ3) is 4.62. The first-order valence-electron chi connectivity index (χ1n) is 6.65. The van der Waals surface area contributed by atoms with Gasteiger partial charge in [0.1, 0.15) is 0 Å². The van der Waals surface area contributed by atoms with Gasteiger partial charge in [0.2, 0.25) is 0 Å². The molecule has 2 rings (SSSR count). The summed E-state index contributed by atoms with van der Waals surface area (Å²) in [6, 6.07) is 15.4. The molecule has 1 aromatic carbocycles. The molecule has 5 nitrogen and oxygen atoms in total. The van der Waals surface area contributed by atoms with Crippen molar-refractivity contribution in [2.75, 3.05) is 7.05 Å². The molecule has 0 saturated heterocycles. The van der Waals surface area contributed by atoms with Crippen LogP contribution in [0.4, 0.5) is 0 Å². The van der Waals surface area contributed by atoms with Crippen molar-refractivity contribution in [1.29, 1.82) is 5.26 Å². The molecule has 0 bridgehead atoms. The molecule has 0 amide bonds. The quantitative estimate of drug-likeness (QED) is 0.661. The summed E-state index contributed by atoms with van der Waals surface area (Å²) in [5.74, 6) is 0.713. The summed E-state index contributed by atoms with van der Waals surface area (Å²) in [7, 11) is 1.73. The summed E-state index contributed by atoms with van der Waals surface area (Å²) >= 11 is 0. The molecule has 0 aliphatic carbocycles. The molecule has 0 aliphatic rings. The lowest BCUT2D eigenvalue weighted by molar-refractivity contribution is 0.794. The number of nitrogens with one attached hydrogen (secondary N) is 2. The van der Waals surface area contributed by atoms with Crippen LogP contribution < -0.4 is 10.6 Å². The lowest BCUT2D eigenvalue weighted by Gasteiger charge is -2.11. The second-order valence-corrected chi connectivity index (χ2v) is 4.41. The molecule has 0 fully saturated rings. The van der Waals surface area contributed by atoms with Crippen LogP contribution >= 0.6 is 0 Å². The highest BCUT2D eigenvalue weighted by Gasteiger charge is 1.99. The minimum absolute atomic E-state index is 0.619. The van der Waals surface area contributed by atoms with Crippen LogP contribution in [0.25, 0.3) is 0 Å². The van der Waals surface area contributed by atoms with Crippen molar-refractivity contribution in [3.05, 3.63) is 65.5 Å². The molecule has 106 valence electrons. The normalized spacial score (nSPS) is 10.8. The second-order valence-electron chi connectivity index (χ2n) is 4.41. The van der Waals surface area contributed by atoms with Crippen LogP contribution in [0.15, 0.2) is 53.7 Å². The Labute approximate surface area is 124 Å². The number of nitriles is 1. The van der Waals surface area contributed by atoms with Gasteiger partial charge in [-0.25, -0.2) is 0 Å². The largest absolute Gasteiger partial charge is 0.352 e. The molecular weight excluding hydrogens is 262 g/mol. The maximum Gasteiger partial charge on any atom is 0.191 e. The number of guanidine groups is 1. The Morgan fingerprint density at radius 3 is 2.52 bits per heavy atom. The number of hydrogen-bond donors (Lipinski definition) is 2. The number of aliphatic imine (C=N–C) groups is 1. The SMILES string of the molecule is CN=C(NCc1ccc(C#N)cc1)NCc1ccccn1. The highest BCUT2D eigenvalue weighted by atomic mass is 15.2. The number of rotatable bonds is 4. The number of pyridine rings is 1. The summed E-state index contributed by atoms with van der Waals surface area (Å²) in [6.07, 6.45) is 1.77. The lowest BCUT2D eigenvalue weighted by Crippen LogP contribution is -2.36. The third-order valence-electron chi connectivity index (χ3n) is 2.93. The van der Waals surface area contributed by atoms with Gasteiger partial charge < -0.3 is 10.6 Å².